The zero-order valence-electron chi connectivity index (χ0n) is 10.6. The number of nitrogens with zero attached hydrogens (tertiary/aromatic N) is 2. The fraction of sp³-hybridized carbons (Fsp3) is 0.0667. The molecule has 3 rings (SSSR count). The minimum Gasteiger partial charge on any atom is -0.399 e. The highest BCUT2D eigenvalue weighted by Gasteiger charge is 2.05. The summed E-state index contributed by atoms with van der Waals surface area (Å²) < 4.78 is 1.56. The summed E-state index contributed by atoms with van der Waals surface area (Å²) in [4.78, 5) is 16.6. The lowest BCUT2D eigenvalue weighted by molar-refractivity contribution is 0.748. The average molecular weight is 286 g/mol. The molecule has 0 bridgehead atoms. The smallest absolute Gasteiger partial charge is 0.261 e. The summed E-state index contributed by atoms with van der Waals surface area (Å²) in [7, 11) is 0. The van der Waals surface area contributed by atoms with Gasteiger partial charge in [-0.3, -0.25) is 9.36 Å². The Morgan fingerprint density at radius 2 is 2.05 bits per heavy atom. The fourth-order valence-corrected chi connectivity index (χ4v) is 2.33. The van der Waals surface area contributed by atoms with Crippen LogP contribution in [0.3, 0.4) is 0 Å². The predicted octanol–water partition coefficient (Wildman–Crippen LogP) is 2.68. The van der Waals surface area contributed by atoms with Gasteiger partial charge in [-0.2, -0.15) is 0 Å². The topological polar surface area (TPSA) is 60.9 Å². The first kappa shape index (κ1) is 12.7. The molecule has 0 spiro atoms. The Labute approximate surface area is 120 Å². The van der Waals surface area contributed by atoms with Crippen molar-refractivity contribution >= 4 is 28.2 Å². The maximum Gasteiger partial charge on any atom is 0.261 e. The SMILES string of the molecule is Nc1ccc2c(=O)n(Cc3cccc(Cl)c3)cnc2c1. The summed E-state index contributed by atoms with van der Waals surface area (Å²) in [5, 5.41) is 1.21. The molecular weight excluding hydrogens is 274 g/mol. The summed E-state index contributed by atoms with van der Waals surface area (Å²) in [6.07, 6.45) is 1.53. The van der Waals surface area contributed by atoms with Crippen LogP contribution in [0.5, 0.6) is 0 Å². The van der Waals surface area contributed by atoms with Crippen LogP contribution in [0.25, 0.3) is 10.9 Å². The van der Waals surface area contributed by atoms with Crippen molar-refractivity contribution in [1.29, 1.82) is 0 Å². The normalized spacial score (nSPS) is 10.8. The van der Waals surface area contributed by atoms with E-state index in [-0.39, 0.29) is 5.56 Å². The third-order valence-electron chi connectivity index (χ3n) is 3.09. The molecule has 0 unspecified atom stereocenters. The Morgan fingerprint density at radius 1 is 1.20 bits per heavy atom. The molecule has 3 aromatic rings. The lowest BCUT2D eigenvalue weighted by Crippen LogP contribution is -2.21. The lowest BCUT2D eigenvalue weighted by atomic mass is 10.2. The first-order chi connectivity index (χ1) is 9.63. The second-order valence-corrected chi connectivity index (χ2v) is 5.02. The van der Waals surface area contributed by atoms with Crippen LogP contribution in [0.2, 0.25) is 5.02 Å². The van der Waals surface area contributed by atoms with E-state index in [1.165, 1.54) is 6.33 Å². The first-order valence-corrected chi connectivity index (χ1v) is 6.50. The summed E-state index contributed by atoms with van der Waals surface area (Å²) >= 11 is 5.95. The maximum atomic E-state index is 12.4. The summed E-state index contributed by atoms with van der Waals surface area (Å²) in [5.41, 5.74) is 7.76. The van der Waals surface area contributed by atoms with E-state index in [0.717, 1.165) is 5.56 Å². The predicted molar refractivity (Wildman–Crippen MR) is 81.0 cm³/mol. The molecule has 2 N–H and O–H groups in total. The van der Waals surface area contributed by atoms with Crippen LogP contribution in [-0.2, 0) is 6.54 Å². The van der Waals surface area contributed by atoms with Gasteiger partial charge in [0, 0.05) is 10.7 Å². The second kappa shape index (κ2) is 4.98. The van der Waals surface area contributed by atoms with Gasteiger partial charge in [-0.25, -0.2) is 4.98 Å². The van der Waals surface area contributed by atoms with Crippen LogP contribution < -0.4 is 11.3 Å². The lowest BCUT2D eigenvalue weighted by Gasteiger charge is -2.07. The second-order valence-electron chi connectivity index (χ2n) is 4.58. The Morgan fingerprint density at radius 3 is 2.85 bits per heavy atom. The molecule has 2 aromatic carbocycles. The molecular formula is C15H12ClN3O. The Balaban J connectivity index is 2.07. The van der Waals surface area contributed by atoms with Crippen molar-refractivity contribution in [2.75, 3.05) is 5.73 Å². The highest BCUT2D eigenvalue weighted by atomic mass is 35.5. The van der Waals surface area contributed by atoms with Gasteiger partial charge >= 0.3 is 0 Å². The maximum absolute atomic E-state index is 12.4. The molecule has 0 aliphatic rings. The fourth-order valence-electron chi connectivity index (χ4n) is 2.12. The number of benzene rings is 2. The highest BCUT2D eigenvalue weighted by molar-refractivity contribution is 6.30. The van der Waals surface area contributed by atoms with Gasteiger partial charge in [0.25, 0.3) is 5.56 Å². The van der Waals surface area contributed by atoms with Gasteiger partial charge < -0.3 is 5.73 Å². The number of aromatic nitrogens is 2. The van der Waals surface area contributed by atoms with Gasteiger partial charge in [0.05, 0.1) is 23.8 Å². The molecule has 1 heterocycles. The molecule has 0 fully saturated rings. The van der Waals surface area contributed by atoms with Crippen LogP contribution >= 0.6 is 11.6 Å². The quantitative estimate of drug-likeness (QED) is 0.737. The van der Waals surface area contributed by atoms with Crippen molar-refractivity contribution < 1.29 is 0 Å². The van der Waals surface area contributed by atoms with Crippen molar-refractivity contribution in [1.82, 2.24) is 9.55 Å². The van der Waals surface area contributed by atoms with Gasteiger partial charge in [-0.05, 0) is 35.9 Å². The van der Waals surface area contributed by atoms with E-state index in [4.69, 9.17) is 17.3 Å². The monoisotopic (exact) mass is 285 g/mol. The van der Waals surface area contributed by atoms with Gasteiger partial charge in [-0.1, -0.05) is 23.7 Å². The van der Waals surface area contributed by atoms with Crippen molar-refractivity contribution in [2.24, 2.45) is 0 Å². The van der Waals surface area contributed by atoms with Crippen molar-refractivity contribution in [3.8, 4) is 0 Å². The van der Waals surface area contributed by atoms with Crippen LogP contribution in [0.4, 0.5) is 5.69 Å². The summed E-state index contributed by atoms with van der Waals surface area (Å²) in [5.74, 6) is 0. The molecule has 0 aliphatic carbocycles. The van der Waals surface area contributed by atoms with E-state index in [2.05, 4.69) is 4.98 Å². The third-order valence-corrected chi connectivity index (χ3v) is 3.33. The molecule has 4 nitrogen and oxygen atoms in total. The summed E-state index contributed by atoms with van der Waals surface area (Å²) in [6.45, 7) is 0.437. The molecule has 20 heavy (non-hydrogen) atoms. The van der Waals surface area contributed by atoms with Crippen LogP contribution in [0, 0.1) is 0 Å². The van der Waals surface area contributed by atoms with Gasteiger partial charge in [0.2, 0.25) is 0 Å². The number of anilines is 1. The van der Waals surface area contributed by atoms with E-state index in [0.29, 0.717) is 28.2 Å². The molecule has 0 radical (unpaired) electrons. The van der Waals surface area contributed by atoms with E-state index in [9.17, 15) is 4.79 Å². The number of nitrogen functional groups attached to an aromatic ring is 1. The molecule has 0 saturated carbocycles. The minimum absolute atomic E-state index is 0.0880. The number of hydrogen-bond acceptors (Lipinski definition) is 3. The number of nitrogens with two attached hydrogens (primary N) is 1. The Kier molecular flexibility index (Phi) is 3.16. The molecule has 0 aliphatic heterocycles. The zero-order chi connectivity index (χ0) is 14.1. The van der Waals surface area contributed by atoms with Crippen LogP contribution in [-0.4, -0.2) is 9.55 Å². The molecule has 100 valence electrons. The zero-order valence-corrected chi connectivity index (χ0v) is 11.3. The Hall–Kier alpha value is -2.33. The Bertz CT molecular complexity index is 842. The summed E-state index contributed by atoms with van der Waals surface area (Å²) in [6, 6.07) is 12.5. The average Bonchev–Trinajstić information content (AvgIpc) is 2.42. The van der Waals surface area contributed by atoms with Crippen molar-refractivity contribution in [3.63, 3.8) is 0 Å². The number of halogens is 1. The van der Waals surface area contributed by atoms with Crippen molar-refractivity contribution in [3.05, 3.63) is 69.7 Å². The largest absolute Gasteiger partial charge is 0.399 e. The molecule has 0 saturated heterocycles. The first-order valence-electron chi connectivity index (χ1n) is 6.12. The van der Waals surface area contributed by atoms with Gasteiger partial charge in [0.1, 0.15) is 0 Å². The number of fused-ring (bicyclic) bond motifs is 1. The molecule has 5 heteroatoms. The van der Waals surface area contributed by atoms with Gasteiger partial charge in [-0.15, -0.1) is 0 Å². The molecule has 0 atom stereocenters. The minimum atomic E-state index is -0.0880. The number of rotatable bonds is 2. The molecule has 0 amide bonds. The van der Waals surface area contributed by atoms with Crippen LogP contribution in [0.1, 0.15) is 5.56 Å². The van der Waals surface area contributed by atoms with E-state index >= 15 is 0 Å². The molecule has 1 aromatic heterocycles. The van der Waals surface area contributed by atoms with E-state index in [1.807, 2.05) is 18.2 Å². The number of hydrogen-bond donors (Lipinski definition) is 1. The van der Waals surface area contributed by atoms with E-state index < -0.39 is 0 Å². The van der Waals surface area contributed by atoms with Crippen LogP contribution in [0.15, 0.2) is 53.6 Å². The van der Waals surface area contributed by atoms with Gasteiger partial charge in [0.15, 0.2) is 0 Å². The van der Waals surface area contributed by atoms with Crippen molar-refractivity contribution in [2.45, 2.75) is 6.54 Å². The van der Waals surface area contributed by atoms with E-state index in [1.54, 1.807) is 28.8 Å². The highest BCUT2D eigenvalue weighted by Crippen LogP contribution is 2.13. The third kappa shape index (κ3) is 2.38. The standard InChI is InChI=1S/C15H12ClN3O/c16-11-3-1-2-10(6-11)8-19-9-18-14-7-12(17)4-5-13(14)15(19)20/h1-7,9H,8,17H2.